The summed E-state index contributed by atoms with van der Waals surface area (Å²) in [7, 11) is 1.69. The van der Waals surface area contributed by atoms with Gasteiger partial charge in [-0.05, 0) is 77.9 Å². The van der Waals surface area contributed by atoms with Crippen LogP contribution in [0.3, 0.4) is 0 Å². The van der Waals surface area contributed by atoms with E-state index < -0.39 is 24.2 Å². The molecule has 3 N–H and O–H groups in total. The van der Waals surface area contributed by atoms with Crippen molar-refractivity contribution >= 4 is 47.6 Å². The maximum Gasteiger partial charge on any atom is 0.348 e. The van der Waals surface area contributed by atoms with Crippen molar-refractivity contribution in [1.29, 1.82) is 5.41 Å². The SMILES string of the molecule is CN=Cc1cncc(COc2cc(OCc3cccc(-c4cccc(COc5cc(OCc6cncc(C=N)c6)c(CN6CCOC[C@@H]6C(=O)O)cc5Cl)c4C)c3C)c(Cl)cc2CN2CCCO[C@@H]2C(=O)O)c1. The van der Waals surface area contributed by atoms with Gasteiger partial charge in [0.25, 0.3) is 0 Å². The molecule has 8 rings (SSSR count). The number of carbonyl (C=O) groups is 2. The van der Waals surface area contributed by atoms with E-state index in [-0.39, 0.29) is 46.1 Å². The molecular formula is C55H56Cl2N6O10. The largest absolute Gasteiger partial charge is 0.488 e. The third-order valence-electron chi connectivity index (χ3n) is 12.7. The molecule has 16 nitrogen and oxygen atoms in total. The number of nitrogens with one attached hydrogen (secondary N) is 1. The van der Waals surface area contributed by atoms with Crippen LogP contribution in [0.15, 0.2) is 103 Å². The molecule has 2 saturated heterocycles. The Bertz CT molecular complexity index is 2990. The zero-order valence-corrected chi connectivity index (χ0v) is 42.2. The molecule has 18 heteroatoms. The summed E-state index contributed by atoms with van der Waals surface area (Å²) >= 11 is 13.9. The van der Waals surface area contributed by atoms with E-state index in [9.17, 15) is 19.8 Å². The van der Waals surface area contributed by atoms with Crippen molar-refractivity contribution in [3.63, 3.8) is 0 Å². The first-order chi connectivity index (χ1) is 35.4. The van der Waals surface area contributed by atoms with Gasteiger partial charge in [0.05, 0.1) is 29.9 Å². The summed E-state index contributed by atoms with van der Waals surface area (Å²) in [6, 6.07) is 22.1. The number of rotatable bonds is 21. The maximum absolute atomic E-state index is 12.1. The first-order valence-corrected chi connectivity index (χ1v) is 24.4. The molecule has 0 radical (unpaired) electrons. The zero-order chi connectivity index (χ0) is 51.4. The predicted molar refractivity (Wildman–Crippen MR) is 277 cm³/mol. The van der Waals surface area contributed by atoms with Gasteiger partial charge in [0.1, 0.15) is 55.5 Å². The van der Waals surface area contributed by atoms with E-state index >= 15 is 0 Å². The van der Waals surface area contributed by atoms with Gasteiger partial charge in [0.2, 0.25) is 6.23 Å². The molecule has 2 aromatic heterocycles. The summed E-state index contributed by atoms with van der Waals surface area (Å²) in [5.41, 5.74) is 10.3. The van der Waals surface area contributed by atoms with Crippen LogP contribution in [-0.4, -0.2) is 107 Å². The highest BCUT2D eigenvalue weighted by Gasteiger charge is 2.32. The van der Waals surface area contributed by atoms with E-state index in [1.165, 1.54) is 6.21 Å². The lowest BCUT2D eigenvalue weighted by molar-refractivity contribution is -0.173. The van der Waals surface area contributed by atoms with Crippen molar-refractivity contribution in [2.45, 2.75) is 72.1 Å². The van der Waals surface area contributed by atoms with Crippen molar-refractivity contribution in [3.8, 4) is 34.1 Å². The topological polar surface area (TPSA) is 198 Å². The molecule has 73 heavy (non-hydrogen) atoms. The van der Waals surface area contributed by atoms with Crippen LogP contribution >= 0.6 is 23.2 Å². The highest BCUT2D eigenvalue weighted by molar-refractivity contribution is 6.32. The summed E-state index contributed by atoms with van der Waals surface area (Å²) in [6.07, 6.45) is 9.21. The average molecular weight is 1030 g/mol. The third kappa shape index (κ3) is 13.2. The first kappa shape index (κ1) is 52.4. The smallest absolute Gasteiger partial charge is 0.348 e. The molecule has 2 fully saturated rings. The van der Waals surface area contributed by atoms with E-state index in [0.717, 1.165) is 50.1 Å². The summed E-state index contributed by atoms with van der Waals surface area (Å²) in [5, 5.41) is 28.2. The number of pyridine rings is 2. The molecule has 4 aromatic carbocycles. The molecule has 0 unspecified atom stereocenters. The second-order valence-electron chi connectivity index (χ2n) is 17.7. The summed E-state index contributed by atoms with van der Waals surface area (Å²) in [5.74, 6) is -0.296. The second kappa shape index (κ2) is 24.7. The molecule has 4 heterocycles. The number of aliphatic carboxylic acids is 2. The number of aromatic nitrogens is 2. The molecule has 0 spiro atoms. The lowest BCUT2D eigenvalue weighted by atomic mass is 9.92. The molecular weight excluding hydrogens is 976 g/mol. The summed E-state index contributed by atoms with van der Waals surface area (Å²) in [6.45, 7) is 7.04. The predicted octanol–water partition coefficient (Wildman–Crippen LogP) is 9.35. The standard InChI is InChI=1S/C55H56Cl2N6O10/c1-34-40(31-72-51-19-49(70-29-38-15-36(21-58)23-60-25-38)42(17-46(51)56)27-62-12-14-68-33-48(62)54(64)65)7-4-9-44(34)45-10-5-8-41(35(45)2)32-73-52-20-50(71-30-39-16-37(22-59-3)24-61-26-39)43(18-47(52)57)28-63-11-6-13-69-53(63)55(66)67/h4-5,7-10,15-26,48,53,58H,6,11-14,27-33H2,1-3H3,(H,64,65)(H,66,67)/t48-,53-/m1/s1. The fourth-order valence-electron chi connectivity index (χ4n) is 8.82. The monoisotopic (exact) mass is 1030 g/mol. The molecule has 0 saturated carbocycles. The van der Waals surface area contributed by atoms with Gasteiger partial charge >= 0.3 is 11.9 Å². The van der Waals surface area contributed by atoms with Gasteiger partial charge in [0.15, 0.2) is 0 Å². The number of benzene rings is 4. The lowest BCUT2D eigenvalue weighted by Gasteiger charge is -2.33. The van der Waals surface area contributed by atoms with Crippen molar-refractivity contribution in [2.24, 2.45) is 4.99 Å². The van der Waals surface area contributed by atoms with Crippen molar-refractivity contribution in [1.82, 2.24) is 19.8 Å². The van der Waals surface area contributed by atoms with Gasteiger partial charge in [-0.15, -0.1) is 0 Å². The van der Waals surface area contributed by atoms with E-state index in [1.807, 2.05) is 41.3 Å². The van der Waals surface area contributed by atoms with E-state index in [0.29, 0.717) is 82.5 Å². The minimum Gasteiger partial charge on any atom is -0.488 e. The Balaban J connectivity index is 1.01. The van der Waals surface area contributed by atoms with Crippen LogP contribution in [0.4, 0.5) is 0 Å². The molecule has 380 valence electrons. The fraction of sp³-hybridized carbons (Fsp3) is 0.309. The number of carboxylic acids is 2. The average Bonchev–Trinajstić information content (AvgIpc) is 3.39. The lowest BCUT2D eigenvalue weighted by Crippen LogP contribution is -2.49. The minimum absolute atomic E-state index is 0.0699. The van der Waals surface area contributed by atoms with E-state index in [1.54, 1.807) is 67.2 Å². The van der Waals surface area contributed by atoms with Crippen LogP contribution in [0, 0.1) is 19.3 Å². The normalized spacial score (nSPS) is 16.3. The molecule has 2 aliphatic rings. The molecule has 2 aliphatic heterocycles. The molecule has 0 aliphatic carbocycles. The van der Waals surface area contributed by atoms with E-state index in [2.05, 4.69) is 40.9 Å². The highest BCUT2D eigenvalue weighted by Crippen LogP contribution is 2.38. The van der Waals surface area contributed by atoms with Crippen LogP contribution in [0.25, 0.3) is 11.1 Å². The Morgan fingerprint density at radius 2 is 1.25 bits per heavy atom. The Morgan fingerprint density at radius 3 is 1.79 bits per heavy atom. The number of aliphatic imine (C=N–C) groups is 1. The van der Waals surface area contributed by atoms with Gasteiger partial charge < -0.3 is 44.0 Å². The number of carboxylic acid groups (broad SMARTS) is 2. The van der Waals surface area contributed by atoms with Crippen LogP contribution in [0.1, 0.15) is 62.1 Å². The third-order valence-corrected chi connectivity index (χ3v) is 13.3. The fourth-order valence-corrected chi connectivity index (χ4v) is 9.31. The Morgan fingerprint density at radius 1 is 0.699 bits per heavy atom. The number of hydrogen-bond acceptors (Lipinski definition) is 14. The van der Waals surface area contributed by atoms with Gasteiger partial charge in [-0.2, -0.15) is 0 Å². The molecule has 0 amide bonds. The first-order valence-electron chi connectivity index (χ1n) is 23.7. The number of halogens is 2. The molecule has 6 aromatic rings. The number of hydrogen-bond donors (Lipinski definition) is 3. The highest BCUT2D eigenvalue weighted by atomic mass is 35.5. The molecule has 2 atom stereocenters. The quantitative estimate of drug-likeness (QED) is 0.0576. The number of nitrogens with zero attached hydrogens (tertiary/aromatic N) is 5. The van der Waals surface area contributed by atoms with Crippen molar-refractivity contribution < 1.29 is 48.2 Å². The second-order valence-corrected chi connectivity index (χ2v) is 18.5. The molecule has 0 bridgehead atoms. The van der Waals surface area contributed by atoms with Gasteiger partial charge in [-0.3, -0.25) is 29.6 Å². The van der Waals surface area contributed by atoms with Crippen LogP contribution in [0.5, 0.6) is 23.0 Å². The Labute approximate surface area is 433 Å². The Hall–Kier alpha value is -6.92. The summed E-state index contributed by atoms with van der Waals surface area (Å²) in [4.78, 5) is 40.5. The minimum atomic E-state index is -1.10. The number of morpholine rings is 1. The number of ether oxygens (including phenoxy) is 6. The van der Waals surface area contributed by atoms with Crippen molar-refractivity contribution in [3.05, 3.63) is 163 Å². The van der Waals surface area contributed by atoms with Crippen LogP contribution in [-0.2, 0) is 58.6 Å². The maximum atomic E-state index is 12.1. The summed E-state index contributed by atoms with van der Waals surface area (Å²) < 4.78 is 36.8. The van der Waals surface area contributed by atoms with Crippen molar-refractivity contribution in [2.75, 3.05) is 40.0 Å². The van der Waals surface area contributed by atoms with Crippen LogP contribution < -0.4 is 18.9 Å². The van der Waals surface area contributed by atoms with Gasteiger partial charge in [-0.1, -0.05) is 59.6 Å². The Kier molecular flexibility index (Phi) is 17.7. The van der Waals surface area contributed by atoms with Gasteiger partial charge in [0, 0.05) is 116 Å². The van der Waals surface area contributed by atoms with Crippen LogP contribution in [0.2, 0.25) is 10.0 Å². The van der Waals surface area contributed by atoms with Gasteiger partial charge in [-0.25, -0.2) is 4.79 Å². The van der Waals surface area contributed by atoms with E-state index in [4.69, 9.17) is 57.0 Å². The zero-order valence-electron chi connectivity index (χ0n) is 40.7.